The van der Waals surface area contributed by atoms with Crippen LogP contribution in [0.25, 0.3) is 0 Å². The Hall–Kier alpha value is -0.0900. The van der Waals surface area contributed by atoms with E-state index in [0.29, 0.717) is 23.6 Å². The Morgan fingerprint density at radius 1 is 0.944 bits per heavy atom. The summed E-state index contributed by atoms with van der Waals surface area (Å²) in [7, 11) is -2.71. The number of rotatable bonds is 4. The van der Waals surface area contributed by atoms with E-state index in [0.717, 1.165) is 18.8 Å². The standard InChI is InChI=1S/C14H27NO2S/c1-2-3-12-4-6-13(7-5-12)15-14-8-10-18(16,17)11-9-14/h12-15H,2-11H2,1H3. The second-order valence-electron chi connectivity index (χ2n) is 6.10. The number of sulfone groups is 1. The highest BCUT2D eigenvalue weighted by Crippen LogP contribution is 2.28. The predicted molar refractivity (Wildman–Crippen MR) is 75.5 cm³/mol. The van der Waals surface area contributed by atoms with Gasteiger partial charge in [0.25, 0.3) is 0 Å². The van der Waals surface area contributed by atoms with Gasteiger partial charge in [-0.3, -0.25) is 0 Å². The summed E-state index contributed by atoms with van der Waals surface area (Å²) < 4.78 is 22.8. The van der Waals surface area contributed by atoms with Gasteiger partial charge in [-0.1, -0.05) is 19.8 Å². The summed E-state index contributed by atoms with van der Waals surface area (Å²) >= 11 is 0. The smallest absolute Gasteiger partial charge is 0.150 e. The largest absolute Gasteiger partial charge is 0.311 e. The van der Waals surface area contributed by atoms with Gasteiger partial charge in [-0.15, -0.1) is 0 Å². The summed E-state index contributed by atoms with van der Waals surface area (Å²) in [5.41, 5.74) is 0. The first-order chi connectivity index (χ1) is 8.59. The molecule has 1 saturated heterocycles. The Balaban J connectivity index is 1.69. The van der Waals surface area contributed by atoms with Crippen molar-refractivity contribution in [1.82, 2.24) is 5.32 Å². The lowest BCUT2D eigenvalue weighted by Crippen LogP contribution is -2.44. The molecule has 0 bridgehead atoms. The molecule has 1 N–H and O–H groups in total. The van der Waals surface area contributed by atoms with Gasteiger partial charge in [-0.2, -0.15) is 0 Å². The summed E-state index contributed by atoms with van der Waals surface area (Å²) in [6.07, 6.45) is 9.61. The average molecular weight is 273 g/mol. The second-order valence-corrected chi connectivity index (χ2v) is 8.40. The zero-order valence-corrected chi connectivity index (χ0v) is 12.3. The minimum atomic E-state index is -2.71. The van der Waals surface area contributed by atoms with E-state index in [-0.39, 0.29) is 0 Å². The van der Waals surface area contributed by atoms with Crippen molar-refractivity contribution >= 4 is 9.84 Å². The molecule has 0 aromatic carbocycles. The van der Waals surface area contributed by atoms with Gasteiger partial charge in [0.15, 0.2) is 0 Å². The third-order valence-corrected chi connectivity index (χ3v) is 6.29. The summed E-state index contributed by atoms with van der Waals surface area (Å²) in [6, 6.07) is 1.09. The molecule has 1 aliphatic carbocycles. The molecule has 0 spiro atoms. The predicted octanol–water partition coefficient (Wildman–Crippen LogP) is 2.51. The fraction of sp³-hybridized carbons (Fsp3) is 1.00. The molecule has 2 aliphatic rings. The van der Waals surface area contributed by atoms with Crippen LogP contribution >= 0.6 is 0 Å². The molecule has 0 unspecified atom stereocenters. The quantitative estimate of drug-likeness (QED) is 0.856. The first kappa shape index (κ1) is 14.3. The molecule has 4 heteroatoms. The Morgan fingerprint density at radius 3 is 2.06 bits per heavy atom. The topological polar surface area (TPSA) is 46.2 Å². The molecule has 1 heterocycles. The molecule has 18 heavy (non-hydrogen) atoms. The van der Waals surface area contributed by atoms with Crippen molar-refractivity contribution in [2.75, 3.05) is 11.5 Å². The van der Waals surface area contributed by atoms with E-state index >= 15 is 0 Å². The molecule has 0 atom stereocenters. The molecule has 0 amide bonds. The Morgan fingerprint density at radius 2 is 1.50 bits per heavy atom. The number of hydrogen-bond donors (Lipinski definition) is 1. The van der Waals surface area contributed by atoms with Crippen LogP contribution in [0.3, 0.4) is 0 Å². The molecular weight excluding hydrogens is 246 g/mol. The summed E-state index contributed by atoms with van der Waals surface area (Å²) in [6.45, 7) is 2.27. The van der Waals surface area contributed by atoms with Gasteiger partial charge in [0, 0.05) is 12.1 Å². The minimum absolute atomic E-state index is 0.385. The Bertz CT molecular complexity index is 331. The lowest BCUT2D eigenvalue weighted by atomic mass is 9.83. The van der Waals surface area contributed by atoms with E-state index in [1.165, 1.54) is 38.5 Å². The number of hydrogen-bond acceptors (Lipinski definition) is 3. The Labute approximate surface area is 112 Å². The molecule has 2 rings (SSSR count). The van der Waals surface area contributed by atoms with Gasteiger partial charge in [0.2, 0.25) is 0 Å². The van der Waals surface area contributed by atoms with Crippen molar-refractivity contribution in [3.05, 3.63) is 0 Å². The Kier molecular flexibility index (Phi) is 5.07. The van der Waals surface area contributed by atoms with Crippen molar-refractivity contribution in [2.45, 2.75) is 70.4 Å². The third kappa shape index (κ3) is 4.23. The van der Waals surface area contributed by atoms with Crippen LogP contribution in [0.5, 0.6) is 0 Å². The summed E-state index contributed by atoms with van der Waals surface area (Å²) in [5.74, 6) is 1.71. The average Bonchev–Trinajstić information content (AvgIpc) is 2.35. The highest BCUT2D eigenvalue weighted by Gasteiger charge is 2.27. The molecule has 3 nitrogen and oxygen atoms in total. The zero-order valence-electron chi connectivity index (χ0n) is 11.5. The van der Waals surface area contributed by atoms with Gasteiger partial charge < -0.3 is 5.32 Å². The van der Waals surface area contributed by atoms with Crippen LogP contribution in [0.15, 0.2) is 0 Å². The van der Waals surface area contributed by atoms with Crippen molar-refractivity contribution in [1.29, 1.82) is 0 Å². The van der Waals surface area contributed by atoms with Gasteiger partial charge in [-0.25, -0.2) is 8.42 Å². The second kappa shape index (κ2) is 6.38. The maximum Gasteiger partial charge on any atom is 0.150 e. The molecule has 0 radical (unpaired) electrons. The number of nitrogens with one attached hydrogen (secondary N) is 1. The van der Waals surface area contributed by atoms with Crippen LogP contribution in [0, 0.1) is 5.92 Å². The fourth-order valence-electron chi connectivity index (χ4n) is 3.42. The molecule has 1 saturated carbocycles. The van der Waals surface area contributed by atoms with Crippen LogP contribution in [-0.4, -0.2) is 32.0 Å². The maximum absolute atomic E-state index is 11.4. The van der Waals surface area contributed by atoms with E-state index in [1.54, 1.807) is 0 Å². The van der Waals surface area contributed by atoms with Gasteiger partial charge in [0.05, 0.1) is 11.5 Å². The van der Waals surface area contributed by atoms with Crippen molar-refractivity contribution in [3.8, 4) is 0 Å². The molecule has 1 aliphatic heterocycles. The van der Waals surface area contributed by atoms with E-state index < -0.39 is 9.84 Å². The van der Waals surface area contributed by atoms with E-state index in [2.05, 4.69) is 12.2 Å². The van der Waals surface area contributed by atoms with Gasteiger partial charge in [0.1, 0.15) is 9.84 Å². The van der Waals surface area contributed by atoms with Crippen molar-refractivity contribution in [2.24, 2.45) is 5.92 Å². The fourth-order valence-corrected chi connectivity index (χ4v) is 4.91. The minimum Gasteiger partial charge on any atom is -0.311 e. The van der Waals surface area contributed by atoms with Crippen molar-refractivity contribution in [3.63, 3.8) is 0 Å². The van der Waals surface area contributed by atoms with Crippen LogP contribution in [0.4, 0.5) is 0 Å². The van der Waals surface area contributed by atoms with E-state index in [1.807, 2.05) is 0 Å². The molecule has 0 aromatic rings. The van der Waals surface area contributed by atoms with Gasteiger partial charge in [-0.05, 0) is 44.4 Å². The van der Waals surface area contributed by atoms with Gasteiger partial charge >= 0.3 is 0 Å². The first-order valence-corrected chi connectivity index (χ1v) is 9.37. The third-order valence-electron chi connectivity index (χ3n) is 4.57. The monoisotopic (exact) mass is 273 g/mol. The lowest BCUT2D eigenvalue weighted by molar-refractivity contribution is 0.257. The van der Waals surface area contributed by atoms with Crippen LogP contribution in [0.2, 0.25) is 0 Å². The van der Waals surface area contributed by atoms with Crippen LogP contribution in [-0.2, 0) is 9.84 Å². The molecule has 2 fully saturated rings. The van der Waals surface area contributed by atoms with Crippen molar-refractivity contribution < 1.29 is 8.42 Å². The highest BCUT2D eigenvalue weighted by atomic mass is 32.2. The molecule has 0 aromatic heterocycles. The van der Waals surface area contributed by atoms with E-state index in [4.69, 9.17) is 0 Å². The van der Waals surface area contributed by atoms with Crippen LogP contribution in [0.1, 0.15) is 58.3 Å². The normalized spacial score (nSPS) is 33.4. The summed E-state index contributed by atoms with van der Waals surface area (Å²) in [4.78, 5) is 0. The zero-order chi connectivity index (χ0) is 13.0. The molecule has 106 valence electrons. The SMILES string of the molecule is CCCC1CCC(NC2CCS(=O)(=O)CC2)CC1. The highest BCUT2D eigenvalue weighted by molar-refractivity contribution is 7.91. The first-order valence-electron chi connectivity index (χ1n) is 7.55. The maximum atomic E-state index is 11.4. The lowest BCUT2D eigenvalue weighted by Gasteiger charge is -2.33. The van der Waals surface area contributed by atoms with Crippen LogP contribution < -0.4 is 5.32 Å². The van der Waals surface area contributed by atoms with E-state index in [9.17, 15) is 8.42 Å². The molecular formula is C14H27NO2S. The summed E-state index contributed by atoms with van der Waals surface area (Å²) in [5, 5.41) is 3.69.